The summed E-state index contributed by atoms with van der Waals surface area (Å²) in [6.45, 7) is 0.872. The molecule has 1 unspecified atom stereocenters. The number of hydrogen-bond donors (Lipinski definition) is 2. The highest BCUT2D eigenvalue weighted by Crippen LogP contribution is 2.33. The normalized spacial score (nSPS) is 17.0. The lowest BCUT2D eigenvalue weighted by Crippen LogP contribution is -2.38. The third-order valence-corrected chi connectivity index (χ3v) is 5.12. The average molecular weight is 367 g/mol. The van der Waals surface area contributed by atoms with E-state index in [2.05, 4.69) is 9.88 Å². The Labute approximate surface area is 156 Å². The molecule has 1 aliphatic heterocycles. The van der Waals surface area contributed by atoms with Crippen LogP contribution in [0.25, 0.3) is 10.9 Å². The molecule has 0 spiro atoms. The van der Waals surface area contributed by atoms with Crippen molar-refractivity contribution in [1.82, 2.24) is 14.5 Å². The number of benzene rings is 1. The van der Waals surface area contributed by atoms with Gasteiger partial charge >= 0.3 is 6.09 Å². The first-order valence-electron chi connectivity index (χ1n) is 8.87. The second-order valence-corrected chi connectivity index (χ2v) is 6.81. The van der Waals surface area contributed by atoms with Gasteiger partial charge in [0.1, 0.15) is 11.5 Å². The van der Waals surface area contributed by atoms with Gasteiger partial charge in [0, 0.05) is 49.0 Å². The maximum Gasteiger partial charge on any atom is 0.415 e. The van der Waals surface area contributed by atoms with Crippen molar-refractivity contribution in [3.63, 3.8) is 0 Å². The number of rotatable bonds is 4. The minimum Gasteiger partial charge on any atom is -0.464 e. The molecule has 3 aromatic rings. The van der Waals surface area contributed by atoms with E-state index < -0.39 is 6.09 Å². The predicted octanol–water partition coefficient (Wildman–Crippen LogP) is 3.09. The smallest absolute Gasteiger partial charge is 0.415 e. The first-order valence-corrected chi connectivity index (χ1v) is 8.87. The van der Waals surface area contributed by atoms with Crippen molar-refractivity contribution in [3.05, 3.63) is 54.0 Å². The Morgan fingerprint density at radius 3 is 2.96 bits per heavy atom. The Morgan fingerprint density at radius 1 is 1.33 bits per heavy atom. The van der Waals surface area contributed by atoms with Gasteiger partial charge in [-0.1, -0.05) is 0 Å². The van der Waals surface area contributed by atoms with Gasteiger partial charge in [-0.25, -0.2) is 4.79 Å². The summed E-state index contributed by atoms with van der Waals surface area (Å²) in [4.78, 5) is 17.9. The Morgan fingerprint density at radius 2 is 2.19 bits per heavy atom. The summed E-state index contributed by atoms with van der Waals surface area (Å²) in [7, 11) is 2.04. The summed E-state index contributed by atoms with van der Waals surface area (Å²) in [5, 5.41) is 19.2. The van der Waals surface area contributed by atoms with E-state index in [1.165, 1.54) is 10.8 Å². The Balaban J connectivity index is 1.63. The molecule has 2 N–H and O–H groups in total. The highest BCUT2D eigenvalue weighted by molar-refractivity contribution is 5.89. The largest absolute Gasteiger partial charge is 0.464 e. The molecular weight excluding hydrogens is 346 g/mol. The lowest BCUT2D eigenvalue weighted by Gasteiger charge is -2.33. The van der Waals surface area contributed by atoms with Crippen molar-refractivity contribution in [2.24, 2.45) is 0 Å². The summed E-state index contributed by atoms with van der Waals surface area (Å²) in [5.74, 6) is 1.41. The van der Waals surface area contributed by atoms with Crippen molar-refractivity contribution in [1.29, 1.82) is 0 Å². The number of aliphatic hydroxyl groups is 1. The van der Waals surface area contributed by atoms with E-state index in [0.717, 1.165) is 35.2 Å². The summed E-state index contributed by atoms with van der Waals surface area (Å²) >= 11 is 0. The number of nitrogens with zero attached hydrogens (tertiary/aromatic N) is 3. The van der Waals surface area contributed by atoms with E-state index in [0.29, 0.717) is 17.8 Å². The van der Waals surface area contributed by atoms with Crippen molar-refractivity contribution in [2.75, 3.05) is 13.7 Å². The molecular formula is C20H21N3O4. The van der Waals surface area contributed by atoms with Crippen molar-refractivity contribution < 1.29 is 19.7 Å². The Bertz CT molecular complexity index is 998. The summed E-state index contributed by atoms with van der Waals surface area (Å²) in [6.07, 6.45) is 3.77. The lowest BCUT2D eigenvalue weighted by molar-refractivity contribution is 0.164. The summed E-state index contributed by atoms with van der Waals surface area (Å²) in [6, 6.07) is 9.24. The monoisotopic (exact) mass is 367 g/mol. The van der Waals surface area contributed by atoms with Gasteiger partial charge in [0.05, 0.1) is 11.2 Å². The molecule has 0 radical (unpaired) electrons. The van der Waals surface area contributed by atoms with E-state index in [-0.39, 0.29) is 12.6 Å². The molecule has 0 bridgehead atoms. The number of likely N-dealkylation sites (N-methyl/N-ethyl adjacent to an activating group) is 1. The molecule has 0 fully saturated rings. The first kappa shape index (κ1) is 17.5. The molecule has 7 nitrogen and oxygen atoms in total. The van der Waals surface area contributed by atoms with E-state index in [1.807, 2.05) is 19.2 Å². The topological polar surface area (TPSA) is 87.8 Å². The highest BCUT2D eigenvalue weighted by Gasteiger charge is 2.26. The Kier molecular flexibility index (Phi) is 4.55. The van der Waals surface area contributed by atoms with Crippen molar-refractivity contribution in [2.45, 2.75) is 25.4 Å². The van der Waals surface area contributed by atoms with E-state index in [4.69, 9.17) is 4.74 Å². The van der Waals surface area contributed by atoms with Gasteiger partial charge in [0.15, 0.2) is 0 Å². The van der Waals surface area contributed by atoms with Gasteiger partial charge in [-0.05, 0) is 43.8 Å². The number of carbonyl (C=O) groups is 1. The van der Waals surface area contributed by atoms with Gasteiger partial charge in [-0.15, -0.1) is 0 Å². The van der Waals surface area contributed by atoms with Crippen molar-refractivity contribution in [3.8, 4) is 11.5 Å². The number of fused-ring (bicyclic) bond motifs is 2. The van der Waals surface area contributed by atoms with Crippen LogP contribution in [0.4, 0.5) is 4.79 Å². The zero-order valence-electron chi connectivity index (χ0n) is 15.0. The quantitative estimate of drug-likeness (QED) is 0.737. The summed E-state index contributed by atoms with van der Waals surface area (Å²) < 4.78 is 7.31. The Hall–Kier alpha value is -2.90. The summed E-state index contributed by atoms with van der Waals surface area (Å²) in [5.41, 5.74) is 2.68. The predicted molar refractivity (Wildman–Crippen MR) is 100 cm³/mol. The fourth-order valence-corrected chi connectivity index (χ4v) is 3.66. The average Bonchev–Trinajstić information content (AvgIpc) is 3.07. The number of hydrogen-bond acceptors (Lipinski definition) is 5. The highest BCUT2D eigenvalue weighted by atomic mass is 16.5. The van der Waals surface area contributed by atoms with Crippen LogP contribution in [0.15, 0.2) is 42.7 Å². The van der Waals surface area contributed by atoms with Crippen LogP contribution in [-0.2, 0) is 13.0 Å². The van der Waals surface area contributed by atoms with Crippen LogP contribution < -0.4 is 4.74 Å². The standard InChI is InChI=1S/C20H21N3O4/c1-22-12-16-17(11-14(22)6-9-24)21-7-4-19(16)27-15-2-3-18-13(10-15)5-8-23(18)20(25)26/h2-5,7-8,10,14,24H,6,9,11-12H2,1H3,(H,25,26). The molecule has 2 aromatic heterocycles. The number of pyridine rings is 1. The van der Waals surface area contributed by atoms with Crippen LogP contribution in [0.1, 0.15) is 17.7 Å². The second-order valence-electron chi connectivity index (χ2n) is 6.81. The van der Waals surface area contributed by atoms with Crippen LogP contribution in [0, 0.1) is 0 Å². The van der Waals surface area contributed by atoms with Crippen LogP contribution >= 0.6 is 0 Å². The number of ether oxygens (including phenoxy) is 1. The zero-order chi connectivity index (χ0) is 19.0. The fraction of sp³-hybridized carbons (Fsp3) is 0.300. The molecule has 0 saturated heterocycles. The lowest BCUT2D eigenvalue weighted by atomic mass is 9.96. The minimum absolute atomic E-state index is 0.163. The fourth-order valence-electron chi connectivity index (χ4n) is 3.66. The van der Waals surface area contributed by atoms with Crippen LogP contribution in [-0.4, -0.2) is 50.5 Å². The third-order valence-electron chi connectivity index (χ3n) is 5.12. The van der Waals surface area contributed by atoms with Gasteiger partial charge in [0.2, 0.25) is 0 Å². The molecule has 0 saturated carbocycles. The van der Waals surface area contributed by atoms with Crippen LogP contribution in [0.5, 0.6) is 11.5 Å². The molecule has 0 aliphatic carbocycles. The first-order chi connectivity index (χ1) is 13.1. The number of carboxylic acid groups (broad SMARTS) is 1. The molecule has 0 amide bonds. The van der Waals surface area contributed by atoms with E-state index >= 15 is 0 Å². The SMILES string of the molecule is CN1Cc2c(Oc3ccc4c(ccn4C(=O)O)c3)ccnc2CC1CCO. The molecule has 1 aromatic carbocycles. The third kappa shape index (κ3) is 3.27. The molecule has 27 heavy (non-hydrogen) atoms. The number of aliphatic hydroxyl groups excluding tert-OH is 1. The van der Waals surface area contributed by atoms with E-state index in [1.54, 1.807) is 24.4 Å². The maximum atomic E-state index is 11.2. The second kappa shape index (κ2) is 7.02. The zero-order valence-corrected chi connectivity index (χ0v) is 15.0. The van der Waals surface area contributed by atoms with Gasteiger partial charge in [-0.3, -0.25) is 14.5 Å². The molecule has 1 aliphatic rings. The molecule has 4 rings (SSSR count). The molecule has 7 heteroatoms. The molecule has 3 heterocycles. The van der Waals surface area contributed by atoms with Crippen LogP contribution in [0.2, 0.25) is 0 Å². The van der Waals surface area contributed by atoms with Crippen molar-refractivity contribution >= 4 is 17.0 Å². The van der Waals surface area contributed by atoms with Gasteiger partial charge < -0.3 is 14.9 Å². The van der Waals surface area contributed by atoms with Gasteiger partial charge in [-0.2, -0.15) is 0 Å². The van der Waals surface area contributed by atoms with Gasteiger partial charge in [0.25, 0.3) is 0 Å². The minimum atomic E-state index is -1.01. The maximum absolute atomic E-state index is 11.2. The molecule has 140 valence electrons. The number of aromatic nitrogens is 2. The van der Waals surface area contributed by atoms with E-state index in [9.17, 15) is 15.0 Å². The molecule has 1 atom stereocenters. The van der Waals surface area contributed by atoms with Crippen LogP contribution in [0.3, 0.4) is 0 Å².